The van der Waals surface area contributed by atoms with Gasteiger partial charge in [-0.25, -0.2) is 0 Å². The molecule has 1 rings (SSSR count). The number of amides is 1. The van der Waals surface area contributed by atoms with Gasteiger partial charge >= 0.3 is 0 Å². The Hall–Kier alpha value is -1.95. The molecule has 6 nitrogen and oxygen atoms in total. The van der Waals surface area contributed by atoms with Crippen LogP contribution >= 0.6 is 0 Å². The highest BCUT2D eigenvalue weighted by Crippen LogP contribution is 2.19. The van der Waals surface area contributed by atoms with Crippen LogP contribution in [0.2, 0.25) is 0 Å². The zero-order valence-electron chi connectivity index (χ0n) is 12.8. The van der Waals surface area contributed by atoms with E-state index in [2.05, 4.69) is 19.2 Å². The van der Waals surface area contributed by atoms with E-state index in [0.717, 1.165) is 6.42 Å². The number of nitrogens with one attached hydrogen (secondary N) is 1. The Morgan fingerprint density at radius 1 is 1.43 bits per heavy atom. The van der Waals surface area contributed by atoms with Crippen LogP contribution in [0, 0.1) is 16.0 Å². The molecule has 0 spiro atoms. The molecule has 0 fully saturated rings. The van der Waals surface area contributed by atoms with Gasteiger partial charge < -0.3 is 11.1 Å². The van der Waals surface area contributed by atoms with Crippen LogP contribution < -0.4 is 11.1 Å². The first kappa shape index (κ1) is 17.1. The van der Waals surface area contributed by atoms with Crippen LogP contribution in [0.15, 0.2) is 24.3 Å². The van der Waals surface area contributed by atoms with Crippen molar-refractivity contribution in [2.24, 2.45) is 11.7 Å². The maximum Gasteiger partial charge on any atom is 0.273 e. The predicted molar refractivity (Wildman–Crippen MR) is 81.9 cm³/mol. The summed E-state index contributed by atoms with van der Waals surface area (Å²) >= 11 is 0. The lowest BCUT2D eigenvalue weighted by Crippen LogP contribution is -2.52. The SMILES string of the molecule is CC(C)CC(C)(CN)NC(=O)Cc1ccccc1[N+](=O)[O-]. The van der Waals surface area contributed by atoms with E-state index in [1.54, 1.807) is 18.2 Å². The summed E-state index contributed by atoms with van der Waals surface area (Å²) in [5.41, 5.74) is 5.63. The minimum absolute atomic E-state index is 0.0230. The first-order valence-corrected chi connectivity index (χ1v) is 7.01. The Balaban J connectivity index is 2.80. The number of hydrogen-bond donors (Lipinski definition) is 2. The second-order valence-electron chi connectivity index (χ2n) is 5.97. The number of benzene rings is 1. The Kier molecular flexibility index (Phi) is 5.84. The number of carbonyl (C=O) groups is 1. The van der Waals surface area contributed by atoms with Gasteiger partial charge in [-0.3, -0.25) is 14.9 Å². The molecule has 0 heterocycles. The predicted octanol–water partition coefficient (Wildman–Crippen LogP) is 2.02. The molecule has 3 N–H and O–H groups in total. The minimum Gasteiger partial charge on any atom is -0.349 e. The van der Waals surface area contributed by atoms with E-state index in [-0.39, 0.29) is 18.0 Å². The number of nitro groups is 1. The highest BCUT2D eigenvalue weighted by molar-refractivity contribution is 5.80. The van der Waals surface area contributed by atoms with Gasteiger partial charge in [-0.2, -0.15) is 0 Å². The van der Waals surface area contributed by atoms with E-state index in [1.807, 2.05) is 6.92 Å². The minimum atomic E-state index is -0.491. The van der Waals surface area contributed by atoms with Gasteiger partial charge in [0.25, 0.3) is 5.69 Å². The molecule has 0 radical (unpaired) electrons. The smallest absolute Gasteiger partial charge is 0.273 e. The molecule has 116 valence electrons. The zero-order chi connectivity index (χ0) is 16.0. The molecule has 0 aliphatic heterocycles. The second kappa shape index (κ2) is 7.17. The van der Waals surface area contributed by atoms with Gasteiger partial charge in [0.1, 0.15) is 0 Å². The molecule has 1 atom stereocenters. The Morgan fingerprint density at radius 2 is 2.05 bits per heavy atom. The summed E-state index contributed by atoms with van der Waals surface area (Å²) in [6.07, 6.45) is 0.733. The second-order valence-corrected chi connectivity index (χ2v) is 5.97. The van der Waals surface area contributed by atoms with E-state index in [0.29, 0.717) is 18.0 Å². The third kappa shape index (κ3) is 5.15. The maximum absolute atomic E-state index is 12.2. The third-order valence-corrected chi connectivity index (χ3v) is 3.29. The number of nitrogens with two attached hydrogens (primary N) is 1. The van der Waals surface area contributed by atoms with E-state index >= 15 is 0 Å². The molecule has 6 heteroatoms. The standard InChI is InChI=1S/C15H23N3O3/c1-11(2)9-15(3,10-16)17-14(19)8-12-6-4-5-7-13(12)18(20)21/h4-7,11H,8-10,16H2,1-3H3,(H,17,19). The van der Waals surface area contributed by atoms with E-state index in [4.69, 9.17) is 5.73 Å². The Labute approximate surface area is 124 Å². The van der Waals surface area contributed by atoms with Crippen LogP contribution in [0.25, 0.3) is 0 Å². The summed E-state index contributed by atoms with van der Waals surface area (Å²) in [6, 6.07) is 6.27. The van der Waals surface area contributed by atoms with Crippen LogP contribution in [-0.2, 0) is 11.2 Å². The fourth-order valence-electron chi connectivity index (χ4n) is 2.48. The molecule has 0 aliphatic rings. The average Bonchev–Trinajstić information content (AvgIpc) is 2.37. The summed E-state index contributed by atoms with van der Waals surface area (Å²) in [7, 11) is 0. The molecule has 0 saturated heterocycles. The lowest BCUT2D eigenvalue weighted by atomic mass is 9.90. The lowest BCUT2D eigenvalue weighted by Gasteiger charge is -2.31. The maximum atomic E-state index is 12.2. The molecule has 1 amide bonds. The van der Waals surface area contributed by atoms with E-state index in [1.165, 1.54) is 6.07 Å². The molecule has 0 aliphatic carbocycles. The highest BCUT2D eigenvalue weighted by Gasteiger charge is 2.26. The van der Waals surface area contributed by atoms with Gasteiger partial charge in [0.05, 0.1) is 11.3 Å². The van der Waals surface area contributed by atoms with Crippen molar-refractivity contribution in [1.29, 1.82) is 0 Å². The van der Waals surface area contributed by atoms with Gasteiger partial charge in [-0.15, -0.1) is 0 Å². The zero-order valence-corrected chi connectivity index (χ0v) is 12.8. The quantitative estimate of drug-likeness (QED) is 0.593. The van der Waals surface area contributed by atoms with Crippen molar-refractivity contribution in [1.82, 2.24) is 5.32 Å². The monoisotopic (exact) mass is 293 g/mol. The summed E-state index contributed by atoms with van der Waals surface area (Å²) in [6.45, 7) is 6.34. The van der Waals surface area contributed by atoms with Crippen molar-refractivity contribution < 1.29 is 9.72 Å². The normalized spacial score (nSPS) is 13.8. The van der Waals surface area contributed by atoms with Crippen molar-refractivity contribution in [3.8, 4) is 0 Å². The van der Waals surface area contributed by atoms with Gasteiger partial charge in [0, 0.05) is 23.7 Å². The van der Waals surface area contributed by atoms with E-state index < -0.39 is 10.5 Å². The number of nitrogens with zero attached hydrogens (tertiary/aromatic N) is 1. The van der Waals surface area contributed by atoms with Crippen molar-refractivity contribution in [3.63, 3.8) is 0 Å². The number of nitro benzene ring substituents is 1. The van der Waals surface area contributed by atoms with Gasteiger partial charge in [0.2, 0.25) is 5.91 Å². The first-order valence-electron chi connectivity index (χ1n) is 7.01. The fourth-order valence-corrected chi connectivity index (χ4v) is 2.48. The largest absolute Gasteiger partial charge is 0.349 e. The highest BCUT2D eigenvalue weighted by atomic mass is 16.6. The van der Waals surface area contributed by atoms with Gasteiger partial charge in [-0.1, -0.05) is 32.0 Å². The van der Waals surface area contributed by atoms with Crippen LogP contribution in [0.4, 0.5) is 5.69 Å². The summed E-state index contributed by atoms with van der Waals surface area (Å²) < 4.78 is 0. The van der Waals surface area contributed by atoms with Crippen LogP contribution in [0.1, 0.15) is 32.8 Å². The van der Waals surface area contributed by atoms with Crippen molar-refractivity contribution in [3.05, 3.63) is 39.9 Å². The number of hydrogen-bond acceptors (Lipinski definition) is 4. The first-order chi connectivity index (χ1) is 9.77. The molecule has 1 aromatic rings. The molecular weight excluding hydrogens is 270 g/mol. The molecule has 1 aromatic carbocycles. The molecule has 0 bridgehead atoms. The molecule has 0 saturated carbocycles. The molecular formula is C15H23N3O3. The van der Waals surface area contributed by atoms with E-state index in [9.17, 15) is 14.9 Å². The summed E-state index contributed by atoms with van der Waals surface area (Å²) in [5.74, 6) is 0.141. The lowest BCUT2D eigenvalue weighted by molar-refractivity contribution is -0.385. The summed E-state index contributed by atoms with van der Waals surface area (Å²) in [4.78, 5) is 22.6. The topological polar surface area (TPSA) is 98.3 Å². The Bertz CT molecular complexity index is 517. The van der Waals surface area contributed by atoms with Crippen molar-refractivity contribution in [2.75, 3.05) is 6.54 Å². The Morgan fingerprint density at radius 3 is 2.57 bits per heavy atom. The molecule has 1 unspecified atom stereocenters. The number of para-hydroxylation sites is 1. The average molecular weight is 293 g/mol. The fraction of sp³-hybridized carbons (Fsp3) is 0.533. The number of carbonyl (C=O) groups excluding carboxylic acids is 1. The van der Waals surface area contributed by atoms with Crippen LogP contribution in [0.3, 0.4) is 0 Å². The molecule has 0 aromatic heterocycles. The van der Waals surface area contributed by atoms with Gasteiger partial charge in [-0.05, 0) is 19.3 Å². The number of rotatable bonds is 7. The third-order valence-electron chi connectivity index (χ3n) is 3.29. The van der Waals surface area contributed by atoms with Crippen molar-refractivity contribution in [2.45, 2.75) is 39.2 Å². The van der Waals surface area contributed by atoms with Crippen LogP contribution in [0.5, 0.6) is 0 Å². The molecule has 21 heavy (non-hydrogen) atoms. The summed E-state index contributed by atoms with van der Waals surface area (Å²) in [5, 5.41) is 13.8. The van der Waals surface area contributed by atoms with Gasteiger partial charge in [0.15, 0.2) is 0 Å². The van der Waals surface area contributed by atoms with Crippen LogP contribution in [-0.4, -0.2) is 22.9 Å². The van der Waals surface area contributed by atoms with Crippen molar-refractivity contribution >= 4 is 11.6 Å².